The second-order valence-corrected chi connectivity index (χ2v) is 6.34. The smallest absolute Gasteiger partial charge is 0.315 e. The molecule has 0 radical (unpaired) electrons. The van der Waals surface area contributed by atoms with Crippen molar-refractivity contribution < 1.29 is 9.53 Å². The van der Waals surface area contributed by atoms with Gasteiger partial charge in [-0.3, -0.25) is 0 Å². The molecule has 0 fully saturated rings. The summed E-state index contributed by atoms with van der Waals surface area (Å²) in [5.74, 6) is 0.515. The maximum absolute atomic E-state index is 12.4. The molecule has 1 unspecified atom stereocenters. The van der Waals surface area contributed by atoms with Crippen LogP contribution in [0.4, 0.5) is 4.79 Å². The van der Waals surface area contributed by atoms with Gasteiger partial charge in [-0.2, -0.15) is 0 Å². The third-order valence-electron chi connectivity index (χ3n) is 3.72. The van der Waals surface area contributed by atoms with E-state index in [-0.39, 0.29) is 12.1 Å². The maximum Gasteiger partial charge on any atom is 0.315 e. The summed E-state index contributed by atoms with van der Waals surface area (Å²) in [6, 6.07) is 17.2. The quantitative estimate of drug-likeness (QED) is 0.709. The number of nitrogens with zero attached hydrogens (tertiary/aromatic N) is 1. The Morgan fingerprint density at radius 1 is 1.16 bits per heavy atom. The highest BCUT2D eigenvalue weighted by Gasteiger charge is 2.17. The minimum absolute atomic E-state index is 0.183. The maximum atomic E-state index is 12.4. The molecule has 3 aromatic rings. The van der Waals surface area contributed by atoms with Gasteiger partial charge in [0, 0.05) is 23.2 Å². The number of urea groups is 1. The molecule has 0 bridgehead atoms. The molecular weight excluding hydrogens is 334 g/mol. The van der Waals surface area contributed by atoms with Crippen LogP contribution >= 0.6 is 11.3 Å². The molecule has 128 valence electrons. The van der Waals surface area contributed by atoms with Crippen LogP contribution < -0.4 is 15.4 Å². The Bertz CT molecular complexity index is 807. The lowest BCUT2D eigenvalue weighted by Crippen LogP contribution is -2.37. The lowest BCUT2D eigenvalue weighted by Gasteiger charge is -2.18. The highest BCUT2D eigenvalue weighted by atomic mass is 32.1. The van der Waals surface area contributed by atoms with Crippen LogP contribution in [0.3, 0.4) is 0 Å². The molecule has 5 nitrogen and oxygen atoms in total. The Morgan fingerprint density at radius 3 is 2.72 bits per heavy atom. The SMILES string of the molecule is COc1ncccc1CNC(=O)NC(c1ccccc1)c1cccs1. The molecule has 2 amide bonds. The van der Waals surface area contributed by atoms with Crippen molar-refractivity contribution in [3.63, 3.8) is 0 Å². The van der Waals surface area contributed by atoms with Crippen molar-refractivity contribution in [1.82, 2.24) is 15.6 Å². The normalized spacial score (nSPS) is 11.6. The van der Waals surface area contributed by atoms with E-state index >= 15 is 0 Å². The third-order valence-corrected chi connectivity index (χ3v) is 4.66. The molecule has 25 heavy (non-hydrogen) atoms. The van der Waals surface area contributed by atoms with Gasteiger partial charge in [-0.25, -0.2) is 9.78 Å². The number of nitrogens with one attached hydrogen (secondary N) is 2. The zero-order valence-corrected chi connectivity index (χ0v) is 14.6. The first-order valence-corrected chi connectivity index (χ1v) is 8.76. The summed E-state index contributed by atoms with van der Waals surface area (Å²) in [7, 11) is 1.56. The van der Waals surface area contributed by atoms with E-state index in [1.165, 1.54) is 0 Å². The molecule has 0 aliphatic carbocycles. The van der Waals surface area contributed by atoms with Crippen molar-refractivity contribution in [2.45, 2.75) is 12.6 Å². The fraction of sp³-hybridized carbons (Fsp3) is 0.158. The fourth-order valence-corrected chi connectivity index (χ4v) is 3.32. The molecule has 1 atom stereocenters. The number of rotatable bonds is 6. The lowest BCUT2D eigenvalue weighted by molar-refractivity contribution is 0.238. The second kappa shape index (κ2) is 8.30. The Balaban J connectivity index is 1.69. The highest BCUT2D eigenvalue weighted by molar-refractivity contribution is 7.10. The predicted octanol–water partition coefficient (Wildman–Crippen LogP) is 3.74. The summed E-state index contributed by atoms with van der Waals surface area (Å²) in [5, 5.41) is 7.92. The van der Waals surface area contributed by atoms with Crippen molar-refractivity contribution in [2.75, 3.05) is 7.11 Å². The van der Waals surface area contributed by atoms with Crippen LogP contribution in [-0.2, 0) is 6.54 Å². The molecule has 3 rings (SSSR count). The van der Waals surface area contributed by atoms with E-state index in [0.717, 1.165) is 16.0 Å². The number of aromatic nitrogens is 1. The number of carbonyl (C=O) groups excluding carboxylic acids is 1. The van der Waals surface area contributed by atoms with E-state index in [9.17, 15) is 4.79 Å². The number of pyridine rings is 1. The van der Waals surface area contributed by atoms with E-state index in [1.807, 2.05) is 60.0 Å². The third kappa shape index (κ3) is 4.36. The topological polar surface area (TPSA) is 63.2 Å². The largest absolute Gasteiger partial charge is 0.481 e. The van der Waals surface area contributed by atoms with Crippen LogP contribution in [0.25, 0.3) is 0 Å². The molecule has 2 heterocycles. The Labute approximate surface area is 150 Å². The zero-order chi connectivity index (χ0) is 17.5. The molecule has 0 aliphatic rings. The number of ether oxygens (including phenoxy) is 1. The monoisotopic (exact) mass is 353 g/mol. The molecule has 0 spiro atoms. The molecule has 0 aliphatic heterocycles. The van der Waals surface area contributed by atoms with Crippen LogP contribution in [0.2, 0.25) is 0 Å². The first-order valence-electron chi connectivity index (χ1n) is 7.88. The molecular formula is C19H19N3O2S. The summed E-state index contributed by atoms with van der Waals surface area (Å²) in [5.41, 5.74) is 1.87. The summed E-state index contributed by atoms with van der Waals surface area (Å²) >= 11 is 1.62. The first-order chi connectivity index (χ1) is 12.3. The van der Waals surface area contributed by atoms with E-state index in [1.54, 1.807) is 24.6 Å². The molecule has 1 aromatic carbocycles. The van der Waals surface area contributed by atoms with Crippen molar-refractivity contribution >= 4 is 17.4 Å². The van der Waals surface area contributed by atoms with Gasteiger partial charge in [-0.1, -0.05) is 42.5 Å². The first kappa shape index (κ1) is 17.0. The average Bonchev–Trinajstić information content (AvgIpc) is 3.20. The van der Waals surface area contributed by atoms with Gasteiger partial charge in [0.25, 0.3) is 0 Å². The van der Waals surface area contributed by atoms with Crippen LogP contribution in [0.15, 0.2) is 66.2 Å². The molecule has 0 saturated heterocycles. The van der Waals surface area contributed by atoms with Gasteiger partial charge in [-0.05, 0) is 23.1 Å². The van der Waals surface area contributed by atoms with Gasteiger partial charge in [-0.15, -0.1) is 11.3 Å². The van der Waals surface area contributed by atoms with Gasteiger partial charge in [0.15, 0.2) is 0 Å². The van der Waals surface area contributed by atoms with E-state index in [4.69, 9.17) is 4.74 Å². The van der Waals surface area contributed by atoms with E-state index in [2.05, 4.69) is 15.6 Å². The van der Waals surface area contributed by atoms with Crippen molar-refractivity contribution in [2.24, 2.45) is 0 Å². The summed E-state index contributed by atoms with van der Waals surface area (Å²) in [4.78, 5) is 17.6. The molecule has 0 saturated carbocycles. The number of benzene rings is 1. The van der Waals surface area contributed by atoms with E-state index < -0.39 is 0 Å². The number of methoxy groups -OCH3 is 1. The molecule has 2 N–H and O–H groups in total. The average molecular weight is 353 g/mol. The Morgan fingerprint density at radius 2 is 2.00 bits per heavy atom. The summed E-state index contributed by atoms with van der Waals surface area (Å²) in [6.07, 6.45) is 1.66. The fourth-order valence-electron chi connectivity index (χ4n) is 2.52. The van der Waals surface area contributed by atoms with Crippen LogP contribution in [0.1, 0.15) is 22.0 Å². The van der Waals surface area contributed by atoms with Crippen LogP contribution in [-0.4, -0.2) is 18.1 Å². The number of carbonyl (C=O) groups is 1. The molecule has 6 heteroatoms. The minimum Gasteiger partial charge on any atom is -0.481 e. The van der Waals surface area contributed by atoms with Gasteiger partial charge in [0.1, 0.15) is 0 Å². The minimum atomic E-state index is -0.242. The Kier molecular flexibility index (Phi) is 5.64. The predicted molar refractivity (Wildman–Crippen MR) is 98.8 cm³/mol. The van der Waals surface area contributed by atoms with Gasteiger partial charge < -0.3 is 15.4 Å². The van der Waals surface area contributed by atoms with Crippen molar-refractivity contribution in [3.05, 3.63) is 82.2 Å². The van der Waals surface area contributed by atoms with E-state index in [0.29, 0.717) is 12.4 Å². The summed E-state index contributed by atoms with van der Waals surface area (Å²) < 4.78 is 5.21. The van der Waals surface area contributed by atoms with Crippen molar-refractivity contribution in [3.8, 4) is 5.88 Å². The highest BCUT2D eigenvalue weighted by Crippen LogP contribution is 2.25. The van der Waals surface area contributed by atoms with Crippen LogP contribution in [0, 0.1) is 0 Å². The lowest BCUT2D eigenvalue weighted by atomic mass is 10.1. The van der Waals surface area contributed by atoms with Gasteiger partial charge in [0.05, 0.1) is 13.2 Å². The number of thiophene rings is 1. The zero-order valence-electron chi connectivity index (χ0n) is 13.8. The Hall–Kier alpha value is -2.86. The van der Waals surface area contributed by atoms with Gasteiger partial charge in [0.2, 0.25) is 5.88 Å². The molecule has 2 aromatic heterocycles. The number of amides is 2. The number of hydrogen-bond donors (Lipinski definition) is 2. The standard InChI is InChI=1S/C19H19N3O2S/c1-24-18-15(9-5-11-20-18)13-21-19(23)22-17(16-10-6-12-25-16)14-7-3-2-4-8-14/h2-12,17H,13H2,1H3,(H2,21,22,23). The summed E-state index contributed by atoms with van der Waals surface area (Å²) in [6.45, 7) is 0.342. The van der Waals surface area contributed by atoms with Crippen molar-refractivity contribution in [1.29, 1.82) is 0 Å². The second-order valence-electron chi connectivity index (χ2n) is 5.36. The van der Waals surface area contributed by atoms with Gasteiger partial charge >= 0.3 is 6.03 Å². The van der Waals surface area contributed by atoms with Crippen LogP contribution in [0.5, 0.6) is 5.88 Å². The number of hydrogen-bond acceptors (Lipinski definition) is 4.